The summed E-state index contributed by atoms with van der Waals surface area (Å²) < 4.78 is 0. The van der Waals surface area contributed by atoms with Crippen LogP contribution in [-0.2, 0) is 0 Å². The van der Waals surface area contributed by atoms with Crippen LogP contribution < -0.4 is 5.73 Å². The van der Waals surface area contributed by atoms with Crippen molar-refractivity contribution in [3.63, 3.8) is 0 Å². The molecule has 1 aromatic rings. The maximum atomic E-state index is 7.00. The molecule has 3 nitrogen and oxygen atoms in total. The summed E-state index contributed by atoms with van der Waals surface area (Å²) in [6.45, 7) is 2.17. The summed E-state index contributed by atoms with van der Waals surface area (Å²) in [5.41, 5.74) is 7.11. The quantitative estimate of drug-likeness (QED) is 0.581. The number of benzene rings is 1. The van der Waals surface area contributed by atoms with Gasteiger partial charge in [-0.2, -0.15) is 0 Å². The van der Waals surface area contributed by atoms with Crippen LogP contribution in [0.2, 0.25) is 5.02 Å². The maximum Gasteiger partial charge on any atom is 0.113 e. The Bertz CT molecular complexity index is 351. The van der Waals surface area contributed by atoms with Gasteiger partial charge in [-0.05, 0) is 18.6 Å². The number of aryl methyl sites for hydroxylation is 1. The highest BCUT2D eigenvalue weighted by Crippen LogP contribution is 2.16. The largest absolute Gasteiger partial charge is 0.386 e. The Morgan fingerprint density at radius 2 is 2.36 bits per heavy atom. The van der Waals surface area contributed by atoms with Gasteiger partial charge in [0.1, 0.15) is 5.84 Å². The van der Waals surface area contributed by atoms with Crippen LogP contribution in [0.3, 0.4) is 0 Å². The minimum Gasteiger partial charge on any atom is -0.386 e. The van der Waals surface area contributed by atoms with Crippen LogP contribution >= 0.6 is 11.6 Å². The van der Waals surface area contributed by atoms with Crippen molar-refractivity contribution < 1.29 is 0 Å². The summed E-state index contributed by atoms with van der Waals surface area (Å²) >= 11 is 5.97. The second-order valence-electron chi connectivity index (χ2n) is 2.97. The number of nitrogens with one attached hydrogen (secondary N) is 1. The monoisotopic (exact) mass is 209 g/mol. The third kappa shape index (κ3) is 2.85. The van der Waals surface area contributed by atoms with Crippen molar-refractivity contribution in [1.29, 1.82) is 5.41 Å². The lowest BCUT2D eigenvalue weighted by Gasteiger charge is -2.01. The average molecular weight is 210 g/mol. The number of nitrogens with zero attached hydrogens (tertiary/aromatic N) is 1. The van der Waals surface area contributed by atoms with E-state index in [0.717, 1.165) is 11.1 Å². The molecule has 3 N–H and O–H groups in total. The van der Waals surface area contributed by atoms with Gasteiger partial charge < -0.3 is 5.73 Å². The van der Waals surface area contributed by atoms with E-state index in [4.69, 9.17) is 22.7 Å². The smallest absolute Gasteiger partial charge is 0.113 e. The molecule has 1 aromatic carbocycles. The van der Waals surface area contributed by atoms with Crippen molar-refractivity contribution in [2.45, 2.75) is 6.92 Å². The Morgan fingerprint density at radius 1 is 1.64 bits per heavy atom. The molecule has 0 heterocycles. The molecule has 0 aliphatic carbocycles. The van der Waals surface area contributed by atoms with Gasteiger partial charge in [0.25, 0.3) is 0 Å². The first-order valence-electron chi connectivity index (χ1n) is 4.19. The highest BCUT2D eigenvalue weighted by molar-refractivity contribution is 6.33. The molecular weight excluding hydrogens is 198 g/mol. The van der Waals surface area contributed by atoms with E-state index in [2.05, 4.69) is 4.99 Å². The molecule has 0 fully saturated rings. The van der Waals surface area contributed by atoms with Crippen molar-refractivity contribution in [3.05, 3.63) is 34.3 Å². The van der Waals surface area contributed by atoms with Crippen LogP contribution in [-0.4, -0.2) is 18.6 Å². The zero-order valence-corrected chi connectivity index (χ0v) is 8.67. The molecule has 0 spiro atoms. The van der Waals surface area contributed by atoms with E-state index in [1.807, 2.05) is 25.1 Å². The Morgan fingerprint density at radius 3 is 2.93 bits per heavy atom. The van der Waals surface area contributed by atoms with E-state index in [1.165, 1.54) is 0 Å². The number of hydrogen-bond donors (Lipinski definition) is 2. The number of amidine groups is 1. The summed E-state index contributed by atoms with van der Waals surface area (Å²) in [4.78, 5) is 4.00. The van der Waals surface area contributed by atoms with E-state index in [1.54, 1.807) is 6.21 Å². The topological polar surface area (TPSA) is 62.2 Å². The van der Waals surface area contributed by atoms with Gasteiger partial charge in [0.15, 0.2) is 0 Å². The highest BCUT2D eigenvalue weighted by Gasteiger charge is 1.99. The molecule has 1 rings (SSSR count). The molecule has 74 valence electrons. The zero-order valence-electron chi connectivity index (χ0n) is 7.92. The minimum absolute atomic E-state index is 0.0472. The average Bonchev–Trinajstić information content (AvgIpc) is 2.09. The van der Waals surface area contributed by atoms with Crippen molar-refractivity contribution >= 4 is 23.7 Å². The normalized spacial score (nSPS) is 10.7. The Labute approximate surface area is 88.1 Å². The van der Waals surface area contributed by atoms with Crippen molar-refractivity contribution in [2.75, 3.05) is 6.54 Å². The van der Waals surface area contributed by atoms with Gasteiger partial charge in [-0.3, -0.25) is 10.4 Å². The van der Waals surface area contributed by atoms with Gasteiger partial charge in [-0.15, -0.1) is 0 Å². The molecule has 0 radical (unpaired) electrons. The van der Waals surface area contributed by atoms with E-state index in [9.17, 15) is 0 Å². The number of hydrogen-bond acceptors (Lipinski definition) is 2. The van der Waals surface area contributed by atoms with Crippen LogP contribution in [0.1, 0.15) is 11.1 Å². The first kappa shape index (κ1) is 10.7. The maximum absolute atomic E-state index is 7.00. The van der Waals surface area contributed by atoms with Gasteiger partial charge in [-0.1, -0.05) is 23.7 Å². The van der Waals surface area contributed by atoms with Crippen LogP contribution in [0.25, 0.3) is 0 Å². The number of halogens is 1. The fourth-order valence-electron chi connectivity index (χ4n) is 1.04. The first-order chi connectivity index (χ1) is 6.61. The predicted molar refractivity (Wildman–Crippen MR) is 60.6 cm³/mol. The molecule has 0 unspecified atom stereocenters. The third-order valence-electron chi connectivity index (χ3n) is 1.75. The van der Waals surface area contributed by atoms with E-state index < -0.39 is 0 Å². The molecule has 0 aromatic heterocycles. The molecule has 0 saturated carbocycles. The summed E-state index contributed by atoms with van der Waals surface area (Å²) in [5.74, 6) is 0.0472. The van der Waals surface area contributed by atoms with E-state index in [0.29, 0.717) is 5.02 Å². The predicted octanol–water partition coefficient (Wildman–Crippen LogP) is 2.00. The Kier molecular flexibility index (Phi) is 3.65. The number of aliphatic imine (C=N–C) groups is 1. The van der Waals surface area contributed by atoms with Crippen molar-refractivity contribution in [3.8, 4) is 0 Å². The SMILES string of the molecule is Cc1cccc(Cl)c1C=NCC(=N)N. The number of nitrogens with two attached hydrogens (primary N) is 1. The van der Waals surface area contributed by atoms with Gasteiger partial charge in [0.2, 0.25) is 0 Å². The van der Waals surface area contributed by atoms with Crippen LogP contribution in [0.5, 0.6) is 0 Å². The summed E-state index contributed by atoms with van der Waals surface area (Å²) in [5, 5.41) is 7.66. The first-order valence-corrected chi connectivity index (χ1v) is 4.57. The lowest BCUT2D eigenvalue weighted by atomic mass is 10.1. The minimum atomic E-state index is 0.0472. The second-order valence-corrected chi connectivity index (χ2v) is 3.37. The van der Waals surface area contributed by atoms with Crippen LogP contribution in [0.4, 0.5) is 0 Å². The second kappa shape index (κ2) is 4.77. The molecule has 0 aliphatic heterocycles. The highest BCUT2D eigenvalue weighted by atomic mass is 35.5. The van der Waals surface area contributed by atoms with Crippen LogP contribution in [0.15, 0.2) is 23.2 Å². The third-order valence-corrected chi connectivity index (χ3v) is 2.08. The fourth-order valence-corrected chi connectivity index (χ4v) is 1.31. The Balaban J connectivity index is 2.85. The van der Waals surface area contributed by atoms with Crippen LogP contribution in [0, 0.1) is 12.3 Å². The molecular formula is C10H12ClN3. The van der Waals surface area contributed by atoms with Gasteiger partial charge in [0, 0.05) is 16.8 Å². The van der Waals surface area contributed by atoms with E-state index in [-0.39, 0.29) is 12.4 Å². The Hall–Kier alpha value is -1.35. The molecule has 14 heavy (non-hydrogen) atoms. The van der Waals surface area contributed by atoms with Gasteiger partial charge >= 0.3 is 0 Å². The molecule has 4 heteroatoms. The summed E-state index contributed by atoms with van der Waals surface area (Å²) in [7, 11) is 0. The van der Waals surface area contributed by atoms with Gasteiger partial charge in [-0.25, -0.2) is 0 Å². The number of rotatable bonds is 3. The standard InChI is InChI=1S/C10H12ClN3/c1-7-3-2-4-9(11)8(7)5-14-6-10(12)13/h2-5H,6H2,1H3,(H3,12,13). The molecule has 0 atom stereocenters. The molecule has 0 bridgehead atoms. The fraction of sp³-hybridized carbons (Fsp3) is 0.200. The molecule has 0 amide bonds. The summed E-state index contributed by atoms with van der Waals surface area (Å²) in [6.07, 6.45) is 1.65. The zero-order chi connectivity index (χ0) is 10.6. The van der Waals surface area contributed by atoms with Crippen molar-refractivity contribution in [2.24, 2.45) is 10.7 Å². The lowest BCUT2D eigenvalue weighted by molar-refractivity contribution is 1.24. The summed E-state index contributed by atoms with van der Waals surface area (Å²) in [6, 6.07) is 5.66. The molecule has 0 aliphatic rings. The lowest BCUT2D eigenvalue weighted by Crippen LogP contribution is -2.13. The van der Waals surface area contributed by atoms with E-state index >= 15 is 0 Å². The van der Waals surface area contributed by atoms with Crippen molar-refractivity contribution in [1.82, 2.24) is 0 Å². The molecule has 0 saturated heterocycles. The van der Waals surface area contributed by atoms with Gasteiger partial charge in [0.05, 0.1) is 6.54 Å².